The highest BCUT2D eigenvalue weighted by Gasteiger charge is 2.15. The number of hydrogen-bond acceptors (Lipinski definition) is 7. The number of benzene rings is 2. The number of primary sulfonamides is 1. The number of sulfonamides is 1. The lowest BCUT2D eigenvalue weighted by molar-refractivity contribution is -0.384. The Morgan fingerprint density at radius 2 is 1.89 bits per heavy atom. The number of rotatable bonds is 6. The summed E-state index contributed by atoms with van der Waals surface area (Å²) >= 11 is 0. The van der Waals surface area contributed by atoms with Crippen LogP contribution in [0.2, 0.25) is 0 Å². The van der Waals surface area contributed by atoms with Gasteiger partial charge in [-0.15, -0.1) is 0 Å². The fraction of sp³-hybridized carbons (Fsp3) is 0.0588. The van der Waals surface area contributed by atoms with Gasteiger partial charge in [-0.1, -0.05) is 6.07 Å². The van der Waals surface area contributed by atoms with Gasteiger partial charge in [-0.3, -0.25) is 14.9 Å². The van der Waals surface area contributed by atoms with Gasteiger partial charge in [-0.05, 0) is 42.0 Å². The minimum Gasteiger partial charge on any atom is -0.383 e. The summed E-state index contributed by atoms with van der Waals surface area (Å²) < 4.78 is 22.5. The summed E-state index contributed by atoms with van der Waals surface area (Å²) in [5, 5.41) is 30.5. The highest BCUT2D eigenvalue weighted by atomic mass is 32.2. The number of nitrogens with two attached hydrogens (primary N) is 1. The summed E-state index contributed by atoms with van der Waals surface area (Å²) in [6, 6.07) is 11.0. The number of nitro groups is 1. The van der Waals surface area contributed by atoms with Crippen LogP contribution in [0, 0.1) is 21.4 Å². The first-order chi connectivity index (χ1) is 13.2. The molecule has 0 heterocycles. The molecule has 0 atom stereocenters. The third-order valence-corrected chi connectivity index (χ3v) is 4.53. The van der Waals surface area contributed by atoms with E-state index < -0.39 is 20.9 Å². The molecule has 10 nitrogen and oxygen atoms in total. The Morgan fingerprint density at radius 3 is 2.39 bits per heavy atom. The van der Waals surface area contributed by atoms with E-state index in [2.05, 4.69) is 10.6 Å². The third-order valence-electron chi connectivity index (χ3n) is 3.60. The molecule has 2 aromatic carbocycles. The molecule has 2 rings (SSSR count). The molecule has 0 radical (unpaired) electrons. The molecule has 0 spiro atoms. The summed E-state index contributed by atoms with van der Waals surface area (Å²) in [5.41, 5.74) is 0.339. The van der Waals surface area contributed by atoms with Gasteiger partial charge in [-0.25, -0.2) is 13.6 Å². The number of nitriles is 1. The summed E-state index contributed by atoms with van der Waals surface area (Å²) in [6.45, 7) is 0. The van der Waals surface area contributed by atoms with E-state index >= 15 is 0 Å². The van der Waals surface area contributed by atoms with E-state index in [1.165, 1.54) is 55.6 Å². The summed E-state index contributed by atoms with van der Waals surface area (Å²) in [5.74, 6) is -0.758. The van der Waals surface area contributed by atoms with Gasteiger partial charge in [0.1, 0.15) is 17.3 Å². The Hall–Kier alpha value is -3.75. The minimum atomic E-state index is -3.86. The summed E-state index contributed by atoms with van der Waals surface area (Å²) in [4.78, 5) is 22.7. The topological polar surface area (TPSA) is 168 Å². The van der Waals surface area contributed by atoms with Crippen molar-refractivity contribution in [3.05, 3.63) is 63.7 Å². The number of amides is 1. The average molecular weight is 401 g/mol. The third kappa shape index (κ3) is 4.91. The normalized spacial score (nSPS) is 11.4. The van der Waals surface area contributed by atoms with Gasteiger partial charge in [-0.2, -0.15) is 5.26 Å². The van der Waals surface area contributed by atoms with Crippen LogP contribution in [0.3, 0.4) is 0 Å². The first-order valence-electron chi connectivity index (χ1n) is 7.68. The Bertz CT molecular complexity index is 1100. The predicted octanol–water partition coefficient (Wildman–Crippen LogP) is 1.83. The van der Waals surface area contributed by atoms with E-state index in [1.54, 1.807) is 6.07 Å². The van der Waals surface area contributed by atoms with Gasteiger partial charge in [0, 0.05) is 18.8 Å². The first kappa shape index (κ1) is 20.6. The number of hydrogen-bond donors (Lipinski definition) is 3. The van der Waals surface area contributed by atoms with Crippen LogP contribution in [0.5, 0.6) is 0 Å². The summed E-state index contributed by atoms with van der Waals surface area (Å²) in [6.07, 6.45) is 1.21. The molecule has 1 amide bonds. The minimum absolute atomic E-state index is 0.126. The van der Waals surface area contributed by atoms with Crippen molar-refractivity contribution >= 4 is 39.1 Å². The average Bonchev–Trinajstić information content (AvgIpc) is 2.65. The van der Waals surface area contributed by atoms with E-state index in [9.17, 15) is 28.6 Å². The van der Waals surface area contributed by atoms with Gasteiger partial charge in [0.25, 0.3) is 11.6 Å². The molecule has 0 unspecified atom stereocenters. The number of anilines is 2. The molecular formula is C17H15N5O5S. The zero-order valence-electron chi connectivity index (χ0n) is 14.5. The van der Waals surface area contributed by atoms with E-state index in [1.807, 2.05) is 0 Å². The van der Waals surface area contributed by atoms with Crippen LogP contribution >= 0.6 is 0 Å². The molecule has 0 saturated carbocycles. The molecule has 4 N–H and O–H groups in total. The predicted molar refractivity (Wildman–Crippen MR) is 103 cm³/mol. The van der Waals surface area contributed by atoms with Crippen molar-refractivity contribution in [1.82, 2.24) is 0 Å². The second-order valence-electron chi connectivity index (χ2n) is 5.48. The highest BCUT2D eigenvalue weighted by molar-refractivity contribution is 7.89. The van der Waals surface area contributed by atoms with Crippen LogP contribution in [0.1, 0.15) is 5.56 Å². The molecule has 11 heteroatoms. The maximum atomic E-state index is 12.3. The van der Waals surface area contributed by atoms with Crippen molar-refractivity contribution in [2.24, 2.45) is 5.14 Å². The molecule has 0 bridgehead atoms. The summed E-state index contributed by atoms with van der Waals surface area (Å²) in [7, 11) is -2.33. The number of nitrogens with zero attached hydrogens (tertiary/aromatic N) is 2. The molecule has 2 aromatic rings. The molecule has 0 aliphatic heterocycles. The van der Waals surface area contributed by atoms with Gasteiger partial charge in [0.2, 0.25) is 10.0 Å². The molecule has 0 aromatic heterocycles. The largest absolute Gasteiger partial charge is 0.383 e. The van der Waals surface area contributed by atoms with Crippen LogP contribution in [0.4, 0.5) is 17.1 Å². The number of nitrogens with one attached hydrogen (secondary N) is 2. The highest BCUT2D eigenvalue weighted by Crippen LogP contribution is 2.26. The van der Waals surface area contributed by atoms with Gasteiger partial charge >= 0.3 is 0 Å². The van der Waals surface area contributed by atoms with E-state index in [4.69, 9.17) is 5.14 Å². The molecular weight excluding hydrogens is 386 g/mol. The maximum absolute atomic E-state index is 12.3. The van der Waals surface area contributed by atoms with Crippen LogP contribution < -0.4 is 15.8 Å². The lowest BCUT2D eigenvalue weighted by Crippen LogP contribution is -2.14. The Labute approximate surface area is 160 Å². The monoisotopic (exact) mass is 401 g/mol. The number of nitro benzene ring substituents is 1. The van der Waals surface area contributed by atoms with Crippen molar-refractivity contribution in [3.63, 3.8) is 0 Å². The zero-order chi connectivity index (χ0) is 20.9. The SMILES string of the molecule is CNc1ccc(/C=C(\C#N)C(=O)Nc2ccc(S(N)(=O)=O)cc2)cc1[N+](=O)[O-]. The van der Waals surface area contributed by atoms with Crippen LogP contribution in [-0.2, 0) is 14.8 Å². The van der Waals surface area contributed by atoms with Crippen molar-refractivity contribution in [2.75, 3.05) is 17.7 Å². The van der Waals surface area contributed by atoms with Gasteiger partial charge < -0.3 is 10.6 Å². The van der Waals surface area contributed by atoms with Crippen LogP contribution in [0.15, 0.2) is 52.9 Å². The van der Waals surface area contributed by atoms with E-state index in [0.717, 1.165) is 0 Å². The molecule has 0 fully saturated rings. The van der Waals surface area contributed by atoms with Gasteiger partial charge in [0.05, 0.1) is 9.82 Å². The molecule has 144 valence electrons. The van der Waals surface area contributed by atoms with Crippen LogP contribution in [0.25, 0.3) is 6.08 Å². The number of carbonyl (C=O) groups excluding carboxylic acids is 1. The second kappa shape index (κ2) is 8.30. The molecule has 0 aliphatic carbocycles. The smallest absolute Gasteiger partial charge is 0.292 e. The second-order valence-corrected chi connectivity index (χ2v) is 7.04. The van der Waals surface area contributed by atoms with E-state index in [0.29, 0.717) is 11.3 Å². The first-order valence-corrected chi connectivity index (χ1v) is 9.22. The van der Waals surface area contributed by atoms with Gasteiger partial charge in [0.15, 0.2) is 0 Å². The fourth-order valence-corrected chi connectivity index (χ4v) is 2.76. The van der Waals surface area contributed by atoms with E-state index in [-0.39, 0.29) is 21.8 Å². The molecule has 28 heavy (non-hydrogen) atoms. The lowest BCUT2D eigenvalue weighted by Gasteiger charge is -2.06. The number of carbonyl (C=O) groups is 1. The lowest BCUT2D eigenvalue weighted by atomic mass is 10.1. The molecule has 0 aliphatic rings. The van der Waals surface area contributed by atoms with Crippen molar-refractivity contribution in [3.8, 4) is 6.07 Å². The Balaban J connectivity index is 2.27. The van der Waals surface area contributed by atoms with Crippen molar-refractivity contribution in [1.29, 1.82) is 5.26 Å². The zero-order valence-corrected chi connectivity index (χ0v) is 15.4. The fourth-order valence-electron chi connectivity index (χ4n) is 2.24. The Kier molecular flexibility index (Phi) is 6.09. The Morgan fingerprint density at radius 1 is 1.25 bits per heavy atom. The van der Waals surface area contributed by atoms with Crippen LogP contribution in [-0.4, -0.2) is 26.3 Å². The van der Waals surface area contributed by atoms with Crippen molar-refractivity contribution in [2.45, 2.75) is 4.90 Å². The quantitative estimate of drug-likeness (QED) is 0.287. The maximum Gasteiger partial charge on any atom is 0.292 e. The van der Waals surface area contributed by atoms with Crippen molar-refractivity contribution < 1.29 is 18.1 Å². The molecule has 0 saturated heterocycles. The standard InChI is InChI=1S/C17H15N5O5S/c1-20-15-7-2-11(9-16(15)22(24)25)8-12(10-18)17(23)21-13-3-5-14(6-4-13)28(19,26)27/h2-9,20H,1H3,(H,21,23)(H2,19,26,27)/b12-8+.